The number of amides is 1. The van der Waals surface area contributed by atoms with Crippen molar-refractivity contribution in [2.24, 2.45) is 5.92 Å². The Morgan fingerprint density at radius 1 is 1.17 bits per heavy atom. The molecule has 3 rings (SSSR count). The normalized spacial score (nSPS) is 10.9. The number of nitrogens with zero attached hydrogens (tertiary/aromatic N) is 3. The van der Waals surface area contributed by atoms with Gasteiger partial charge in [0, 0.05) is 25.1 Å². The summed E-state index contributed by atoms with van der Waals surface area (Å²) in [5.41, 5.74) is 1.34. The highest BCUT2D eigenvalue weighted by Crippen LogP contribution is 2.21. The molecule has 2 aromatic carbocycles. The second-order valence-electron chi connectivity index (χ2n) is 7.12. The lowest BCUT2D eigenvalue weighted by Crippen LogP contribution is -2.36. The zero-order chi connectivity index (χ0) is 20.8. The molecule has 0 radical (unpaired) electrons. The van der Waals surface area contributed by atoms with E-state index < -0.39 is 0 Å². The van der Waals surface area contributed by atoms with E-state index >= 15 is 0 Å². The lowest BCUT2D eigenvalue weighted by Gasteiger charge is -2.24. The fraction of sp³-hybridized carbons (Fsp3) is 0.318. The van der Waals surface area contributed by atoms with Crippen molar-refractivity contribution in [3.05, 3.63) is 65.0 Å². The van der Waals surface area contributed by atoms with Crippen LogP contribution in [0.5, 0.6) is 5.75 Å². The molecule has 0 fully saturated rings. The molecule has 1 amide bonds. The average molecular weight is 414 g/mol. The lowest BCUT2D eigenvalue weighted by atomic mass is 10.1. The predicted molar refractivity (Wildman–Crippen MR) is 112 cm³/mol. The van der Waals surface area contributed by atoms with E-state index in [-0.39, 0.29) is 5.91 Å². The molecule has 6 nitrogen and oxygen atoms in total. The number of carbonyl (C=O) groups is 1. The van der Waals surface area contributed by atoms with Crippen LogP contribution in [-0.2, 0) is 6.42 Å². The van der Waals surface area contributed by atoms with Crippen molar-refractivity contribution in [1.82, 2.24) is 15.0 Å². The first-order valence-electron chi connectivity index (χ1n) is 9.48. The van der Waals surface area contributed by atoms with E-state index in [9.17, 15) is 4.79 Å². The van der Waals surface area contributed by atoms with E-state index in [0.717, 1.165) is 11.3 Å². The van der Waals surface area contributed by atoms with Crippen molar-refractivity contribution >= 4 is 17.5 Å². The first-order chi connectivity index (χ1) is 14.0. The molecule has 0 bridgehead atoms. The van der Waals surface area contributed by atoms with Crippen molar-refractivity contribution in [1.29, 1.82) is 0 Å². The molecule has 0 spiro atoms. The topological polar surface area (TPSA) is 68.5 Å². The van der Waals surface area contributed by atoms with E-state index in [2.05, 4.69) is 24.0 Å². The van der Waals surface area contributed by atoms with Gasteiger partial charge in [-0.2, -0.15) is 4.98 Å². The van der Waals surface area contributed by atoms with Crippen LogP contribution in [0, 0.1) is 5.92 Å². The summed E-state index contributed by atoms with van der Waals surface area (Å²) in [6.45, 7) is 5.22. The van der Waals surface area contributed by atoms with Crippen LogP contribution in [0.1, 0.15) is 30.1 Å². The molecule has 3 aromatic rings. The van der Waals surface area contributed by atoms with Crippen LogP contribution in [0.2, 0.25) is 5.02 Å². The van der Waals surface area contributed by atoms with Gasteiger partial charge in [-0.15, -0.1) is 0 Å². The summed E-state index contributed by atoms with van der Waals surface area (Å²) < 4.78 is 10.5. The Labute approximate surface area is 175 Å². The van der Waals surface area contributed by atoms with Gasteiger partial charge in [-0.3, -0.25) is 4.79 Å². The summed E-state index contributed by atoms with van der Waals surface area (Å²) in [4.78, 5) is 19.2. The number of halogens is 1. The van der Waals surface area contributed by atoms with Gasteiger partial charge in [0.1, 0.15) is 5.75 Å². The number of benzene rings is 2. The Kier molecular flexibility index (Phi) is 6.88. The minimum atomic E-state index is -0.0980. The van der Waals surface area contributed by atoms with E-state index in [1.165, 1.54) is 0 Å². The zero-order valence-electron chi connectivity index (χ0n) is 16.8. The average Bonchev–Trinajstić information content (AvgIpc) is 3.20. The first-order valence-corrected chi connectivity index (χ1v) is 9.86. The quantitative estimate of drug-likeness (QED) is 0.533. The Bertz CT molecular complexity index is 954. The Morgan fingerprint density at radius 3 is 2.55 bits per heavy atom. The van der Waals surface area contributed by atoms with Crippen molar-refractivity contribution < 1.29 is 14.1 Å². The number of hydrogen-bond donors (Lipinski definition) is 0. The number of hydrogen-bond acceptors (Lipinski definition) is 5. The molecule has 0 atom stereocenters. The number of methoxy groups -OCH3 is 1. The van der Waals surface area contributed by atoms with Crippen molar-refractivity contribution in [3.8, 4) is 17.1 Å². The maximum atomic E-state index is 13.0. The summed E-state index contributed by atoms with van der Waals surface area (Å²) in [5, 5.41) is 4.50. The summed E-state index contributed by atoms with van der Waals surface area (Å²) in [6, 6.07) is 14.5. The fourth-order valence-electron chi connectivity index (χ4n) is 2.97. The molecule has 0 aliphatic rings. The molecule has 0 aliphatic heterocycles. The third-order valence-electron chi connectivity index (χ3n) is 4.39. The molecule has 0 saturated carbocycles. The van der Waals surface area contributed by atoms with Gasteiger partial charge in [0.25, 0.3) is 5.91 Å². The molecule has 7 heteroatoms. The molecular weight excluding hydrogens is 390 g/mol. The van der Waals surface area contributed by atoms with Crippen LogP contribution in [0.15, 0.2) is 53.1 Å². The van der Waals surface area contributed by atoms with Gasteiger partial charge < -0.3 is 14.2 Å². The van der Waals surface area contributed by atoms with Crippen LogP contribution < -0.4 is 4.74 Å². The number of carbonyl (C=O) groups excluding carboxylic acids is 1. The second kappa shape index (κ2) is 9.56. The molecule has 152 valence electrons. The Balaban J connectivity index is 1.70. The molecule has 1 heterocycles. The summed E-state index contributed by atoms with van der Waals surface area (Å²) in [6.07, 6.45) is 0.464. The van der Waals surface area contributed by atoms with Crippen LogP contribution >= 0.6 is 11.6 Å². The number of rotatable bonds is 8. The predicted octanol–water partition coefficient (Wildman–Crippen LogP) is 4.74. The van der Waals surface area contributed by atoms with Crippen molar-refractivity contribution in [2.45, 2.75) is 20.3 Å². The first kappa shape index (κ1) is 20.9. The van der Waals surface area contributed by atoms with Gasteiger partial charge in [0.05, 0.1) is 17.7 Å². The van der Waals surface area contributed by atoms with Crippen LogP contribution in [0.4, 0.5) is 0 Å². The molecule has 0 saturated heterocycles. The number of ether oxygens (including phenoxy) is 1. The third-order valence-corrected chi connectivity index (χ3v) is 4.72. The van der Waals surface area contributed by atoms with Gasteiger partial charge in [0.15, 0.2) is 0 Å². The highest BCUT2D eigenvalue weighted by atomic mass is 35.5. The minimum Gasteiger partial charge on any atom is -0.497 e. The molecule has 0 aliphatic carbocycles. The van der Waals surface area contributed by atoms with E-state index in [0.29, 0.717) is 47.7 Å². The number of aromatic nitrogens is 2. The van der Waals surface area contributed by atoms with Crippen molar-refractivity contribution in [3.63, 3.8) is 0 Å². The lowest BCUT2D eigenvalue weighted by molar-refractivity contribution is 0.0735. The second-order valence-corrected chi connectivity index (χ2v) is 7.52. The van der Waals surface area contributed by atoms with Gasteiger partial charge >= 0.3 is 0 Å². The summed E-state index contributed by atoms with van der Waals surface area (Å²) in [5.74, 6) is 1.98. The Morgan fingerprint density at radius 2 is 1.90 bits per heavy atom. The minimum absolute atomic E-state index is 0.0980. The molecular formula is C22H24ClN3O3. The summed E-state index contributed by atoms with van der Waals surface area (Å²) >= 11 is 6.21. The fourth-order valence-corrected chi connectivity index (χ4v) is 3.18. The van der Waals surface area contributed by atoms with E-state index in [1.807, 2.05) is 36.4 Å². The zero-order valence-corrected chi connectivity index (χ0v) is 17.5. The maximum absolute atomic E-state index is 13.0. The molecule has 1 aromatic heterocycles. The smallest absolute Gasteiger partial charge is 0.255 e. The van der Waals surface area contributed by atoms with E-state index in [1.54, 1.807) is 24.1 Å². The molecule has 0 N–H and O–H groups in total. The van der Waals surface area contributed by atoms with Gasteiger partial charge in [-0.25, -0.2) is 0 Å². The monoisotopic (exact) mass is 413 g/mol. The molecule has 29 heavy (non-hydrogen) atoms. The SMILES string of the molecule is COc1ccc(-c2noc(CCN(CC(C)C)C(=O)c3ccccc3Cl)n2)cc1. The third kappa shape index (κ3) is 5.35. The van der Waals surface area contributed by atoms with E-state index in [4.69, 9.17) is 20.9 Å². The Hall–Kier alpha value is -2.86. The van der Waals surface area contributed by atoms with Gasteiger partial charge in [-0.05, 0) is 42.3 Å². The summed E-state index contributed by atoms with van der Waals surface area (Å²) in [7, 11) is 1.62. The van der Waals surface area contributed by atoms with Crippen LogP contribution in [-0.4, -0.2) is 41.1 Å². The van der Waals surface area contributed by atoms with Gasteiger partial charge in [-0.1, -0.05) is 42.7 Å². The largest absolute Gasteiger partial charge is 0.497 e. The molecule has 0 unspecified atom stereocenters. The van der Waals surface area contributed by atoms with Gasteiger partial charge in [0.2, 0.25) is 11.7 Å². The highest BCUT2D eigenvalue weighted by Gasteiger charge is 2.20. The van der Waals surface area contributed by atoms with Crippen LogP contribution in [0.25, 0.3) is 11.4 Å². The highest BCUT2D eigenvalue weighted by molar-refractivity contribution is 6.33. The standard InChI is InChI=1S/C22H24ClN3O3/c1-15(2)14-26(22(27)18-6-4-5-7-19(18)23)13-12-20-24-21(25-29-20)16-8-10-17(28-3)11-9-16/h4-11,15H,12-14H2,1-3H3. The maximum Gasteiger partial charge on any atom is 0.255 e. The van der Waals surface area contributed by atoms with Crippen molar-refractivity contribution in [2.75, 3.05) is 20.2 Å². The van der Waals surface area contributed by atoms with Crippen LogP contribution in [0.3, 0.4) is 0 Å².